The fourth-order valence-electron chi connectivity index (χ4n) is 1.56. The number of nitrogens with two attached hydrogens (primary N) is 1. The molecule has 0 amide bonds. The maximum atomic E-state index is 5.82. The molecule has 0 saturated heterocycles. The van der Waals surface area contributed by atoms with E-state index in [1.165, 1.54) is 0 Å². The van der Waals surface area contributed by atoms with Crippen molar-refractivity contribution in [2.75, 3.05) is 12.8 Å². The number of rotatable bonds is 4. The SMILES string of the molecule is CCCc1noc(-c2ccc(OC)c(N)c2)n1. The number of ether oxygens (including phenoxy) is 1. The summed E-state index contributed by atoms with van der Waals surface area (Å²) in [5, 5.41) is 3.90. The molecule has 0 atom stereocenters. The second kappa shape index (κ2) is 4.86. The van der Waals surface area contributed by atoms with Gasteiger partial charge in [0.15, 0.2) is 5.82 Å². The molecule has 1 aromatic carbocycles. The molecule has 0 fully saturated rings. The summed E-state index contributed by atoms with van der Waals surface area (Å²) in [7, 11) is 1.58. The third-order valence-corrected chi connectivity index (χ3v) is 2.42. The molecule has 2 rings (SSSR count). The van der Waals surface area contributed by atoms with Crippen molar-refractivity contribution in [1.82, 2.24) is 10.1 Å². The van der Waals surface area contributed by atoms with E-state index < -0.39 is 0 Å². The smallest absolute Gasteiger partial charge is 0.257 e. The number of benzene rings is 1. The van der Waals surface area contributed by atoms with Crippen LogP contribution in [-0.4, -0.2) is 17.3 Å². The zero-order valence-electron chi connectivity index (χ0n) is 9.93. The first-order valence-corrected chi connectivity index (χ1v) is 5.51. The maximum Gasteiger partial charge on any atom is 0.257 e. The first-order valence-electron chi connectivity index (χ1n) is 5.51. The van der Waals surface area contributed by atoms with Crippen LogP contribution in [0.5, 0.6) is 5.75 Å². The summed E-state index contributed by atoms with van der Waals surface area (Å²) in [6.45, 7) is 2.07. The Morgan fingerprint density at radius 2 is 2.24 bits per heavy atom. The van der Waals surface area contributed by atoms with Crippen LogP contribution in [0, 0.1) is 0 Å². The van der Waals surface area contributed by atoms with Gasteiger partial charge in [0.05, 0.1) is 12.8 Å². The minimum Gasteiger partial charge on any atom is -0.495 e. The van der Waals surface area contributed by atoms with Crippen LogP contribution in [0.15, 0.2) is 22.7 Å². The van der Waals surface area contributed by atoms with E-state index in [0.29, 0.717) is 17.3 Å². The van der Waals surface area contributed by atoms with Crippen molar-refractivity contribution < 1.29 is 9.26 Å². The molecule has 0 aliphatic carbocycles. The first-order chi connectivity index (χ1) is 8.24. The highest BCUT2D eigenvalue weighted by atomic mass is 16.5. The van der Waals surface area contributed by atoms with E-state index in [2.05, 4.69) is 17.1 Å². The molecule has 0 saturated carbocycles. The summed E-state index contributed by atoms with van der Waals surface area (Å²) < 4.78 is 10.3. The van der Waals surface area contributed by atoms with E-state index >= 15 is 0 Å². The molecular formula is C12H15N3O2. The van der Waals surface area contributed by atoms with Crippen LogP contribution >= 0.6 is 0 Å². The number of nitrogens with zero attached hydrogens (tertiary/aromatic N) is 2. The number of aryl methyl sites for hydroxylation is 1. The largest absolute Gasteiger partial charge is 0.495 e. The molecule has 1 heterocycles. The van der Waals surface area contributed by atoms with Crippen LogP contribution in [0.3, 0.4) is 0 Å². The Morgan fingerprint density at radius 3 is 2.88 bits per heavy atom. The summed E-state index contributed by atoms with van der Waals surface area (Å²) in [6, 6.07) is 5.40. The Labute approximate surface area is 99.6 Å². The van der Waals surface area contributed by atoms with Gasteiger partial charge in [-0.3, -0.25) is 0 Å². The topological polar surface area (TPSA) is 74.2 Å². The zero-order chi connectivity index (χ0) is 12.3. The molecule has 2 N–H and O–H groups in total. The van der Waals surface area contributed by atoms with Crippen LogP contribution < -0.4 is 10.5 Å². The fraction of sp³-hybridized carbons (Fsp3) is 0.333. The van der Waals surface area contributed by atoms with Crippen molar-refractivity contribution in [3.63, 3.8) is 0 Å². The average Bonchev–Trinajstić information content (AvgIpc) is 2.78. The second-order valence-electron chi connectivity index (χ2n) is 3.72. The summed E-state index contributed by atoms with van der Waals surface area (Å²) in [6.07, 6.45) is 1.80. The number of hydrogen-bond acceptors (Lipinski definition) is 5. The molecule has 0 radical (unpaired) electrons. The van der Waals surface area contributed by atoms with Gasteiger partial charge in [0.1, 0.15) is 5.75 Å². The van der Waals surface area contributed by atoms with E-state index in [1.807, 2.05) is 6.07 Å². The lowest BCUT2D eigenvalue weighted by Gasteiger charge is -2.04. The van der Waals surface area contributed by atoms with Gasteiger partial charge in [0, 0.05) is 12.0 Å². The van der Waals surface area contributed by atoms with Crippen molar-refractivity contribution >= 4 is 5.69 Å². The minimum atomic E-state index is 0.489. The third kappa shape index (κ3) is 2.38. The van der Waals surface area contributed by atoms with Gasteiger partial charge >= 0.3 is 0 Å². The first kappa shape index (κ1) is 11.4. The van der Waals surface area contributed by atoms with E-state index in [1.54, 1.807) is 19.2 Å². The molecule has 5 nitrogen and oxygen atoms in total. The molecule has 1 aromatic heterocycles. The molecule has 90 valence electrons. The van der Waals surface area contributed by atoms with Crippen LogP contribution in [0.2, 0.25) is 0 Å². The number of hydrogen-bond donors (Lipinski definition) is 1. The molecule has 0 spiro atoms. The highest BCUT2D eigenvalue weighted by Gasteiger charge is 2.10. The van der Waals surface area contributed by atoms with Crippen molar-refractivity contribution in [2.24, 2.45) is 0 Å². The molecule has 5 heteroatoms. The van der Waals surface area contributed by atoms with Crippen molar-refractivity contribution in [2.45, 2.75) is 19.8 Å². The standard InChI is InChI=1S/C12H15N3O2/c1-3-4-11-14-12(17-15-11)8-5-6-10(16-2)9(13)7-8/h5-7H,3-4,13H2,1-2H3. The van der Waals surface area contributed by atoms with E-state index in [9.17, 15) is 0 Å². The summed E-state index contributed by atoms with van der Waals surface area (Å²) in [5.41, 5.74) is 7.18. The van der Waals surface area contributed by atoms with Gasteiger partial charge < -0.3 is 15.0 Å². The predicted octanol–water partition coefficient (Wildman–Crippen LogP) is 2.28. The van der Waals surface area contributed by atoms with Crippen LogP contribution in [0.1, 0.15) is 19.2 Å². The lowest BCUT2D eigenvalue weighted by molar-refractivity contribution is 0.416. The fourth-order valence-corrected chi connectivity index (χ4v) is 1.56. The zero-order valence-corrected chi connectivity index (χ0v) is 9.93. The van der Waals surface area contributed by atoms with Crippen LogP contribution in [0.25, 0.3) is 11.5 Å². The number of anilines is 1. The molecule has 0 unspecified atom stereocenters. The number of nitrogen functional groups attached to an aromatic ring is 1. The van der Waals surface area contributed by atoms with Crippen molar-refractivity contribution in [3.05, 3.63) is 24.0 Å². The Kier molecular flexibility index (Phi) is 3.27. The highest BCUT2D eigenvalue weighted by Crippen LogP contribution is 2.27. The lowest BCUT2D eigenvalue weighted by atomic mass is 10.2. The number of aromatic nitrogens is 2. The van der Waals surface area contributed by atoms with Gasteiger partial charge in [-0.1, -0.05) is 12.1 Å². The Morgan fingerprint density at radius 1 is 1.41 bits per heavy atom. The van der Waals surface area contributed by atoms with Crippen LogP contribution in [0.4, 0.5) is 5.69 Å². The Hall–Kier alpha value is -2.04. The molecule has 2 aromatic rings. The summed E-state index contributed by atoms with van der Waals surface area (Å²) in [4.78, 5) is 4.29. The Bertz CT molecular complexity index is 508. The monoisotopic (exact) mass is 233 g/mol. The highest BCUT2D eigenvalue weighted by molar-refractivity contribution is 5.65. The van der Waals surface area contributed by atoms with Gasteiger partial charge in [0.2, 0.25) is 0 Å². The third-order valence-electron chi connectivity index (χ3n) is 2.42. The Balaban J connectivity index is 2.29. The van der Waals surface area contributed by atoms with Crippen molar-refractivity contribution in [1.29, 1.82) is 0 Å². The quantitative estimate of drug-likeness (QED) is 0.820. The second-order valence-corrected chi connectivity index (χ2v) is 3.72. The average molecular weight is 233 g/mol. The van der Waals surface area contributed by atoms with Gasteiger partial charge in [-0.2, -0.15) is 4.98 Å². The van der Waals surface area contributed by atoms with E-state index in [4.69, 9.17) is 15.0 Å². The predicted molar refractivity (Wildman–Crippen MR) is 64.7 cm³/mol. The van der Waals surface area contributed by atoms with Gasteiger partial charge in [0.25, 0.3) is 5.89 Å². The van der Waals surface area contributed by atoms with Gasteiger partial charge in [-0.25, -0.2) is 0 Å². The minimum absolute atomic E-state index is 0.489. The lowest BCUT2D eigenvalue weighted by Crippen LogP contribution is -1.92. The van der Waals surface area contributed by atoms with Crippen LogP contribution in [-0.2, 0) is 6.42 Å². The summed E-state index contributed by atoms with van der Waals surface area (Å²) in [5.74, 6) is 1.85. The van der Waals surface area contributed by atoms with Crippen molar-refractivity contribution in [3.8, 4) is 17.2 Å². The van der Waals surface area contributed by atoms with Gasteiger partial charge in [-0.15, -0.1) is 0 Å². The molecule has 0 aliphatic heterocycles. The molecular weight excluding hydrogens is 218 g/mol. The number of methoxy groups -OCH3 is 1. The molecule has 0 aliphatic rings. The van der Waals surface area contributed by atoms with E-state index in [0.717, 1.165) is 24.2 Å². The van der Waals surface area contributed by atoms with E-state index in [-0.39, 0.29) is 0 Å². The normalized spacial score (nSPS) is 10.5. The van der Waals surface area contributed by atoms with Gasteiger partial charge in [-0.05, 0) is 24.6 Å². The molecule has 0 bridgehead atoms. The summed E-state index contributed by atoms with van der Waals surface area (Å²) >= 11 is 0. The maximum absolute atomic E-state index is 5.82. The molecule has 17 heavy (non-hydrogen) atoms.